The third-order valence-electron chi connectivity index (χ3n) is 6.45. The van der Waals surface area contributed by atoms with E-state index >= 15 is 0 Å². The Hall–Kier alpha value is -3.63. The molecule has 1 N–H and O–H groups in total. The topological polar surface area (TPSA) is 96.0 Å². The molecule has 0 fully saturated rings. The van der Waals surface area contributed by atoms with Crippen LogP contribution in [-0.2, 0) is 26.2 Å². The Bertz CT molecular complexity index is 1420. The van der Waals surface area contributed by atoms with E-state index in [0.29, 0.717) is 22.8 Å². The van der Waals surface area contributed by atoms with Crippen LogP contribution in [0.15, 0.2) is 77.7 Å². The van der Waals surface area contributed by atoms with Crippen LogP contribution in [0.2, 0.25) is 5.02 Å². The second kappa shape index (κ2) is 13.6. The number of hydrogen-bond donors (Lipinski definition) is 1. The molecule has 0 aromatic heterocycles. The minimum absolute atomic E-state index is 0.00826. The molecule has 0 aliphatic rings. The fourth-order valence-corrected chi connectivity index (χ4v) is 5.52. The van der Waals surface area contributed by atoms with Crippen LogP contribution in [0.5, 0.6) is 5.75 Å². The van der Waals surface area contributed by atoms with Crippen LogP contribution < -0.4 is 14.4 Å². The van der Waals surface area contributed by atoms with Crippen molar-refractivity contribution in [3.8, 4) is 5.75 Å². The second-order valence-electron chi connectivity index (χ2n) is 9.31. The summed E-state index contributed by atoms with van der Waals surface area (Å²) < 4.78 is 47.3. The molecular weight excluding hydrogens is 557 g/mol. The maximum absolute atomic E-state index is 13.9. The first-order valence-electron chi connectivity index (χ1n) is 12.7. The largest absolute Gasteiger partial charge is 0.497 e. The van der Waals surface area contributed by atoms with Gasteiger partial charge in [0, 0.05) is 17.6 Å². The van der Waals surface area contributed by atoms with Gasteiger partial charge < -0.3 is 15.0 Å². The number of hydrogen-bond acceptors (Lipinski definition) is 5. The third kappa shape index (κ3) is 7.73. The minimum atomic E-state index is -4.28. The van der Waals surface area contributed by atoms with Gasteiger partial charge in [0.25, 0.3) is 10.0 Å². The molecule has 0 aliphatic carbocycles. The maximum Gasteiger partial charge on any atom is 0.264 e. The van der Waals surface area contributed by atoms with Crippen molar-refractivity contribution in [1.29, 1.82) is 0 Å². The molecule has 0 bridgehead atoms. The summed E-state index contributed by atoms with van der Waals surface area (Å²) in [5.74, 6) is -1.11. The first-order chi connectivity index (χ1) is 19.0. The summed E-state index contributed by atoms with van der Waals surface area (Å²) in [5.41, 5.74) is 0.750. The van der Waals surface area contributed by atoms with Gasteiger partial charge in [-0.25, -0.2) is 12.8 Å². The number of carbonyl (C=O) groups excluding carboxylic acids is 2. The van der Waals surface area contributed by atoms with E-state index in [0.717, 1.165) is 16.4 Å². The Morgan fingerprint density at radius 3 is 2.25 bits per heavy atom. The maximum atomic E-state index is 13.9. The standard InChI is InChI=1S/C29H33ClFN3O5S/c1-5-20(2)32-29(36)21(3)33(18-22-7-6-8-23(30)17-22)28(35)19-34(25-11-9-24(31)10-12-25)40(37,38)27-15-13-26(39-4)14-16-27/h6-17,20-21H,5,18-19H2,1-4H3,(H,32,36)/t20-,21+/m1/s1. The summed E-state index contributed by atoms with van der Waals surface area (Å²) in [7, 11) is -2.82. The van der Waals surface area contributed by atoms with Crippen LogP contribution in [0.4, 0.5) is 10.1 Å². The van der Waals surface area contributed by atoms with Crippen LogP contribution in [0.1, 0.15) is 32.8 Å². The summed E-state index contributed by atoms with van der Waals surface area (Å²) in [6.45, 7) is 4.73. The van der Waals surface area contributed by atoms with E-state index in [1.807, 2.05) is 13.8 Å². The third-order valence-corrected chi connectivity index (χ3v) is 8.47. The number of nitrogens with one attached hydrogen (secondary N) is 1. The van der Waals surface area contributed by atoms with Crippen LogP contribution in [-0.4, -0.2) is 50.9 Å². The van der Waals surface area contributed by atoms with Gasteiger partial charge in [-0.1, -0.05) is 30.7 Å². The number of carbonyl (C=O) groups is 2. The number of halogens is 2. The van der Waals surface area contributed by atoms with E-state index < -0.39 is 34.3 Å². The van der Waals surface area contributed by atoms with E-state index in [2.05, 4.69) is 5.32 Å². The number of anilines is 1. The van der Waals surface area contributed by atoms with Gasteiger partial charge in [-0.05, 0) is 86.5 Å². The lowest BCUT2D eigenvalue weighted by molar-refractivity contribution is -0.139. The van der Waals surface area contributed by atoms with Crippen LogP contribution in [0.3, 0.4) is 0 Å². The highest BCUT2D eigenvalue weighted by molar-refractivity contribution is 7.92. The molecule has 0 saturated heterocycles. The molecule has 0 unspecified atom stereocenters. The summed E-state index contributed by atoms with van der Waals surface area (Å²) in [6.07, 6.45) is 0.694. The Labute approximate surface area is 239 Å². The van der Waals surface area contributed by atoms with Gasteiger partial charge in [-0.2, -0.15) is 0 Å². The fraction of sp³-hybridized carbons (Fsp3) is 0.310. The molecule has 3 rings (SSSR count). The lowest BCUT2D eigenvalue weighted by atomic mass is 10.1. The number of sulfonamides is 1. The number of rotatable bonds is 12. The molecule has 0 heterocycles. The molecule has 3 aromatic carbocycles. The van der Waals surface area contributed by atoms with Crippen LogP contribution >= 0.6 is 11.6 Å². The number of ether oxygens (including phenoxy) is 1. The van der Waals surface area contributed by atoms with Crippen LogP contribution in [0.25, 0.3) is 0 Å². The van der Waals surface area contributed by atoms with E-state index in [9.17, 15) is 22.4 Å². The lowest BCUT2D eigenvalue weighted by Crippen LogP contribution is -2.52. The highest BCUT2D eigenvalue weighted by Crippen LogP contribution is 2.26. The van der Waals surface area contributed by atoms with Gasteiger partial charge in [0.05, 0.1) is 17.7 Å². The van der Waals surface area contributed by atoms with E-state index in [1.54, 1.807) is 31.2 Å². The molecule has 0 aliphatic heterocycles. The Morgan fingerprint density at radius 2 is 1.68 bits per heavy atom. The summed E-state index contributed by atoms with van der Waals surface area (Å²) in [5, 5.41) is 3.33. The molecule has 11 heteroatoms. The summed E-state index contributed by atoms with van der Waals surface area (Å²) in [4.78, 5) is 28.2. The zero-order valence-electron chi connectivity index (χ0n) is 22.8. The van der Waals surface area contributed by atoms with Crippen molar-refractivity contribution >= 4 is 39.1 Å². The molecule has 2 amide bonds. The summed E-state index contributed by atoms with van der Waals surface area (Å²) in [6, 6.07) is 16.3. The van der Waals surface area contributed by atoms with Crippen molar-refractivity contribution in [3.63, 3.8) is 0 Å². The first kappa shape index (κ1) is 30.9. The van der Waals surface area contributed by atoms with Crippen molar-refractivity contribution in [2.45, 2.75) is 50.7 Å². The number of methoxy groups -OCH3 is 1. The Kier molecular flexibility index (Phi) is 10.5. The van der Waals surface area contributed by atoms with Crippen molar-refractivity contribution in [2.75, 3.05) is 18.0 Å². The SMILES string of the molecule is CC[C@@H](C)NC(=O)[C@H](C)N(Cc1cccc(Cl)c1)C(=O)CN(c1ccc(F)cc1)S(=O)(=O)c1ccc(OC)cc1. The normalized spacial score (nSPS) is 12.8. The fourth-order valence-electron chi connectivity index (χ4n) is 3.89. The van der Waals surface area contributed by atoms with Crippen molar-refractivity contribution < 1.29 is 27.1 Å². The molecule has 3 aromatic rings. The van der Waals surface area contributed by atoms with E-state index in [4.69, 9.17) is 16.3 Å². The number of amides is 2. The molecule has 214 valence electrons. The second-order valence-corrected chi connectivity index (χ2v) is 11.6. The number of benzene rings is 3. The van der Waals surface area contributed by atoms with Crippen LogP contribution in [0, 0.1) is 5.82 Å². The molecule has 40 heavy (non-hydrogen) atoms. The van der Waals surface area contributed by atoms with E-state index in [-0.39, 0.29) is 29.1 Å². The van der Waals surface area contributed by atoms with Gasteiger partial charge in [0.1, 0.15) is 24.2 Å². The molecule has 2 atom stereocenters. The molecule has 8 nitrogen and oxygen atoms in total. The lowest BCUT2D eigenvalue weighted by Gasteiger charge is -2.32. The van der Waals surface area contributed by atoms with Gasteiger partial charge in [0.15, 0.2) is 0 Å². The van der Waals surface area contributed by atoms with Gasteiger partial charge in [-0.3, -0.25) is 13.9 Å². The van der Waals surface area contributed by atoms with Crippen molar-refractivity contribution in [1.82, 2.24) is 10.2 Å². The minimum Gasteiger partial charge on any atom is -0.497 e. The zero-order valence-corrected chi connectivity index (χ0v) is 24.4. The predicted molar refractivity (Wildman–Crippen MR) is 153 cm³/mol. The average molecular weight is 590 g/mol. The van der Waals surface area contributed by atoms with Crippen molar-refractivity contribution in [3.05, 3.63) is 89.2 Å². The van der Waals surface area contributed by atoms with Gasteiger partial charge >= 0.3 is 0 Å². The highest BCUT2D eigenvalue weighted by atomic mass is 35.5. The Morgan fingerprint density at radius 1 is 1.02 bits per heavy atom. The van der Waals surface area contributed by atoms with Crippen molar-refractivity contribution in [2.24, 2.45) is 0 Å². The van der Waals surface area contributed by atoms with E-state index in [1.165, 1.54) is 48.4 Å². The first-order valence-corrected chi connectivity index (χ1v) is 14.5. The molecule has 0 spiro atoms. The predicted octanol–water partition coefficient (Wildman–Crippen LogP) is 5.02. The molecule has 0 saturated carbocycles. The summed E-state index contributed by atoms with van der Waals surface area (Å²) >= 11 is 6.15. The quantitative estimate of drug-likeness (QED) is 0.320. The molecular formula is C29H33ClFN3O5S. The zero-order chi connectivity index (χ0) is 29.4. The van der Waals surface area contributed by atoms with Gasteiger partial charge in [0.2, 0.25) is 11.8 Å². The number of nitrogens with zero attached hydrogens (tertiary/aromatic N) is 2. The Balaban J connectivity index is 2.02. The van der Waals surface area contributed by atoms with Gasteiger partial charge in [-0.15, -0.1) is 0 Å². The smallest absolute Gasteiger partial charge is 0.264 e. The average Bonchev–Trinajstić information content (AvgIpc) is 2.94. The molecule has 0 radical (unpaired) electrons. The monoisotopic (exact) mass is 589 g/mol. The highest BCUT2D eigenvalue weighted by Gasteiger charge is 2.33.